The molecule has 21 heavy (non-hydrogen) atoms. The van der Waals surface area contributed by atoms with E-state index in [2.05, 4.69) is 5.32 Å². The molecule has 2 rings (SSSR count). The Morgan fingerprint density at radius 3 is 2.67 bits per heavy atom. The Labute approximate surface area is 124 Å². The zero-order chi connectivity index (χ0) is 15.2. The van der Waals surface area contributed by atoms with Crippen LogP contribution < -0.4 is 5.32 Å². The number of carbonyl (C=O) groups is 2. The van der Waals surface area contributed by atoms with Crippen LogP contribution in [0.3, 0.4) is 0 Å². The van der Waals surface area contributed by atoms with E-state index in [0.717, 1.165) is 17.7 Å². The molecule has 6 heteroatoms. The first kappa shape index (κ1) is 15.3. The van der Waals surface area contributed by atoms with Gasteiger partial charge in [-0.15, -0.1) is 0 Å². The Bertz CT molecular complexity index is 519. The maximum absolute atomic E-state index is 12.3. The highest BCUT2D eigenvalue weighted by Gasteiger charge is 2.20. The number of para-hydroxylation sites is 1. The maximum atomic E-state index is 12.3. The number of nitrogens with zero attached hydrogens (tertiary/aromatic N) is 2. The van der Waals surface area contributed by atoms with Crippen molar-refractivity contribution in [1.82, 2.24) is 9.80 Å². The second kappa shape index (κ2) is 7.08. The molecule has 0 saturated carbocycles. The van der Waals surface area contributed by atoms with Gasteiger partial charge in [-0.1, -0.05) is 18.2 Å². The lowest BCUT2D eigenvalue weighted by Gasteiger charge is -2.22. The van der Waals surface area contributed by atoms with Crippen LogP contribution in [-0.4, -0.2) is 59.6 Å². The minimum absolute atomic E-state index is 0.0350. The maximum Gasteiger partial charge on any atom is 0.321 e. The molecule has 2 N–H and O–H groups in total. The fourth-order valence-corrected chi connectivity index (χ4v) is 2.43. The van der Waals surface area contributed by atoms with Gasteiger partial charge in [0.05, 0.1) is 6.54 Å². The van der Waals surface area contributed by atoms with E-state index in [9.17, 15) is 9.59 Å². The molecule has 0 radical (unpaired) electrons. The number of rotatable bonds is 3. The van der Waals surface area contributed by atoms with Gasteiger partial charge >= 0.3 is 12.0 Å². The Hall–Kier alpha value is -2.08. The number of hydrogen-bond acceptors (Lipinski definition) is 3. The molecule has 1 fully saturated rings. The van der Waals surface area contributed by atoms with Crippen molar-refractivity contribution in [3.63, 3.8) is 0 Å². The van der Waals surface area contributed by atoms with Gasteiger partial charge in [-0.05, 0) is 25.0 Å². The van der Waals surface area contributed by atoms with Crippen molar-refractivity contribution < 1.29 is 14.7 Å². The standard InChI is InChI=1S/C15H21N3O3/c1-12-5-2-3-6-13(12)16-15(21)18-8-4-7-17(9-10-18)11-14(19)20/h2-3,5-6H,4,7-11H2,1H3,(H,16,21)(H,19,20). The number of aryl methyl sites for hydroxylation is 1. The van der Waals surface area contributed by atoms with Crippen molar-refractivity contribution in [2.45, 2.75) is 13.3 Å². The highest BCUT2D eigenvalue weighted by Crippen LogP contribution is 2.14. The molecule has 1 aliphatic rings. The molecule has 0 aliphatic carbocycles. The molecule has 6 nitrogen and oxygen atoms in total. The van der Waals surface area contributed by atoms with Gasteiger partial charge in [-0.25, -0.2) is 4.79 Å². The quantitative estimate of drug-likeness (QED) is 0.887. The van der Waals surface area contributed by atoms with Crippen molar-refractivity contribution >= 4 is 17.7 Å². The lowest BCUT2D eigenvalue weighted by atomic mass is 10.2. The number of aliphatic carboxylic acids is 1. The number of carboxylic acid groups (broad SMARTS) is 1. The third-order valence-corrected chi connectivity index (χ3v) is 3.62. The highest BCUT2D eigenvalue weighted by molar-refractivity contribution is 5.90. The van der Waals surface area contributed by atoms with Crippen molar-refractivity contribution in [2.75, 3.05) is 38.0 Å². The van der Waals surface area contributed by atoms with Crippen molar-refractivity contribution in [3.8, 4) is 0 Å². The van der Waals surface area contributed by atoms with E-state index in [1.165, 1.54) is 0 Å². The monoisotopic (exact) mass is 291 g/mol. The summed E-state index contributed by atoms with van der Waals surface area (Å²) in [6.45, 7) is 4.48. The largest absolute Gasteiger partial charge is 0.480 e. The molecule has 0 bridgehead atoms. The van der Waals surface area contributed by atoms with Crippen LogP contribution in [0.2, 0.25) is 0 Å². The van der Waals surface area contributed by atoms with Gasteiger partial charge in [0.15, 0.2) is 0 Å². The predicted molar refractivity (Wildman–Crippen MR) is 80.5 cm³/mol. The summed E-state index contributed by atoms with van der Waals surface area (Å²) in [4.78, 5) is 26.6. The minimum Gasteiger partial charge on any atom is -0.480 e. The summed E-state index contributed by atoms with van der Waals surface area (Å²) in [7, 11) is 0. The number of hydrogen-bond donors (Lipinski definition) is 2. The fraction of sp³-hybridized carbons (Fsp3) is 0.467. The smallest absolute Gasteiger partial charge is 0.321 e. The SMILES string of the molecule is Cc1ccccc1NC(=O)N1CCCN(CC(=O)O)CC1. The highest BCUT2D eigenvalue weighted by atomic mass is 16.4. The van der Waals surface area contributed by atoms with E-state index in [0.29, 0.717) is 26.2 Å². The molecular formula is C15H21N3O3. The van der Waals surface area contributed by atoms with Crippen molar-refractivity contribution in [2.24, 2.45) is 0 Å². The van der Waals surface area contributed by atoms with E-state index in [4.69, 9.17) is 5.11 Å². The molecule has 0 unspecified atom stereocenters. The van der Waals surface area contributed by atoms with E-state index < -0.39 is 5.97 Å². The third kappa shape index (κ3) is 4.46. The average molecular weight is 291 g/mol. The molecule has 0 atom stereocenters. The summed E-state index contributed by atoms with van der Waals surface area (Å²) < 4.78 is 0. The number of carboxylic acids is 1. The third-order valence-electron chi connectivity index (χ3n) is 3.62. The zero-order valence-electron chi connectivity index (χ0n) is 12.2. The lowest BCUT2D eigenvalue weighted by Crippen LogP contribution is -2.39. The Morgan fingerprint density at radius 2 is 1.95 bits per heavy atom. The molecule has 1 saturated heterocycles. The summed E-state index contributed by atoms with van der Waals surface area (Å²) in [6.07, 6.45) is 0.786. The molecule has 114 valence electrons. The summed E-state index contributed by atoms with van der Waals surface area (Å²) >= 11 is 0. The first-order valence-corrected chi connectivity index (χ1v) is 7.12. The summed E-state index contributed by atoms with van der Waals surface area (Å²) in [5.41, 5.74) is 1.84. The molecular weight excluding hydrogens is 270 g/mol. The van der Waals surface area contributed by atoms with Crippen molar-refractivity contribution in [1.29, 1.82) is 0 Å². The van der Waals surface area contributed by atoms with Crippen LogP contribution in [0.15, 0.2) is 24.3 Å². The van der Waals surface area contributed by atoms with Crippen molar-refractivity contribution in [3.05, 3.63) is 29.8 Å². The molecule has 1 aliphatic heterocycles. The lowest BCUT2D eigenvalue weighted by molar-refractivity contribution is -0.138. The summed E-state index contributed by atoms with van der Waals surface area (Å²) in [5.74, 6) is -0.826. The zero-order valence-corrected chi connectivity index (χ0v) is 12.2. The first-order chi connectivity index (χ1) is 10.1. The molecule has 1 aromatic rings. The summed E-state index contributed by atoms with van der Waals surface area (Å²) in [6, 6.07) is 7.52. The molecule has 1 aromatic carbocycles. The van der Waals surface area contributed by atoms with Gasteiger partial charge in [0, 0.05) is 31.9 Å². The van der Waals surface area contributed by atoms with Gasteiger partial charge in [0.1, 0.15) is 0 Å². The predicted octanol–water partition coefficient (Wildman–Crippen LogP) is 1.62. The second-order valence-corrected chi connectivity index (χ2v) is 5.26. The van der Waals surface area contributed by atoms with E-state index in [1.54, 1.807) is 4.90 Å². The number of anilines is 1. The van der Waals surface area contributed by atoms with E-state index >= 15 is 0 Å². The fourth-order valence-electron chi connectivity index (χ4n) is 2.43. The van der Waals surface area contributed by atoms with Gasteiger partial charge in [-0.2, -0.15) is 0 Å². The molecule has 2 amide bonds. The molecule has 0 aromatic heterocycles. The Kier molecular flexibility index (Phi) is 5.16. The van der Waals surface area contributed by atoms with Crippen LogP contribution in [0.1, 0.15) is 12.0 Å². The topological polar surface area (TPSA) is 72.9 Å². The number of carbonyl (C=O) groups excluding carboxylic acids is 1. The van der Waals surface area contributed by atoms with Crippen LogP contribution in [0.25, 0.3) is 0 Å². The second-order valence-electron chi connectivity index (χ2n) is 5.26. The number of nitrogens with one attached hydrogen (secondary N) is 1. The summed E-state index contributed by atoms with van der Waals surface area (Å²) in [5, 5.41) is 11.7. The van der Waals surface area contributed by atoms with Gasteiger partial charge in [-0.3, -0.25) is 9.69 Å². The Balaban J connectivity index is 1.91. The van der Waals surface area contributed by atoms with Gasteiger partial charge in [0.2, 0.25) is 0 Å². The van der Waals surface area contributed by atoms with Gasteiger partial charge < -0.3 is 15.3 Å². The number of amides is 2. The normalized spacial score (nSPS) is 16.3. The number of urea groups is 1. The first-order valence-electron chi connectivity index (χ1n) is 7.12. The Morgan fingerprint density at radius 1 is 1.19 bits per heavy atom. The van der Waals surface area contributed by atoms with Crippen LogP contribution in [0, 0.1) is 6.92 Å². The minimum atomic E-state index is -0.826. The average Bonchev–Trinajstić information content (AvgIpc) is 2.66. The van der Waals surface area contributed by atoms with E-state index in [1.807, 2.05) is 36.1 Å². The van der Waals surface area contributed by atoms with Crippen LogP contribution in [0.5, 0.6) is 0 Å². The van der Waals surface area contributed by atoms with Crippen LogP contribution in [-0.2, 0) is 4.79 Å². The molecule has 0 spiro atoms. The van der Waals surface area contributed by atoms with Gasteiger partial charge in [0.25, 0.3) is 0 Å². The van der Waals surface area contributed by atoms with Crippen LogP contribution >= 0.6 is 0 Å². The van der Waals surface area contributed by atoms with Crippen LogP contribution in [0.4, 0.5) is 10.5 Å². The van der Waals surface area contributed by atoms with E-state index in [-0.39, 0.29) is 12.6 Å². The molecule has 1 heterocycles. The number of benzene rings is 1.